The predicted octanol–water partition coefficient (Wildman–Crippen LogP) is 2.30. The number of H-pyrrole nitrogens is 1. The van der Waals surface area contributed by atoms with Gasteiger partial charge in [-0.25, -0.2) is 14.2 Å². The van der Waals surface area contributed by atoms with Crippen LogP contribution in [0.2, 0.25) is 0 Å². The number of carbonyl (C=O) groups excluding carboxylic acids is 1. The maximum atomic E-state index is 14.6. The Morgan fingerprint density at radius 1 is 1.09 bits per heavy atom. The van der Waals surface area contributed by atoms with Crippen LogP contribution in [0, 0.1) is 5.82 Å². The van der Waals surface area contributed by atoms with Crippen LogP contribution < -0.4 is 16.1 Å². The Morgan fingerprint density at radius 3 is 2.64 bits per heavy atom. The Morgan fingerprint density at radius 2 is 1.88 bits per heavy atom. The lowest BCUT2D eigenvalue weighted by Crippen LogP contribution is -2.49. The van der Waals surface area contributed by atoms with E-state index < -0.39 is 17.1 Å². The van der Waals surface area contributed by atoms with Gasteiger partial charge in [0.2, 0.25) is 0 Å². The monoisotopic (exact) mass is 465 g/mol. The number of halogens is 1. The molecule has 33 heavy (non-hydrogen) atoms. The van der Waals surface area contributed by atoms with Crippen LogP contribution in [0.5, 0.6) is 0 Å². The van der Waals surface area contributed by atoms with Gasteiger partial charge in [-0.3, -0.25) is 19.1 Å². The molecule has 4 aromatic rings. The number of piperazine rings is 1. The number of nitrogens with zero attached hydrogens (tertiary/aromatic N) is 4. The van der Waals surface area contributed by atoms with E-state index in [1.54, 1.807) is 52.8 Å². The Bertz CT molecular complexity index is 1440. The Kier molecular flexibility index (Phi) is 5.51. The van der Waals surface area contributed by atoms with Gasteiger partial charge in [0.1, 0.15) is 5.82 Å². The second-order valence-corrected chi connectivity index (χ2v) is 8.64. The minimum atomic E-state index is -0.607. The second-order valence-electron chi connectivity index (χ2n) is 7.77. The summed E-state index contributed by atoms with van der Waals surface area (Å²) in [6.07, 6.45) is 1.75. The summed E-state index contributed by atoms with van der Waals surface area (Å²) in [5, 5.41) is 3.20. The standard InChI is InChI=1S/C23H20FN5O3S/c24-18-6-5-15(14-29-19-4-2-1-3-16(19)20(30)26-22(29)32)13-17(18)21(31)27-8-10-28(11-9-27)23-25-7-12-33-23/h1-7,12-13H,8-11,14H2,(H,26,30,32). The van der Waals surface area contributed by atoms with E-state index in [0.717, 1.165) is 5.13 Å². The lowest BCUT2D eigenvalue weighted by atomic mass is 10.1. The molecule has 0 saturated carbocycles. The van der Waals surface area contributed by atoms with Crippen molar-refractivity contribution in [2.45, 2.75) is 6.54 Å². The number of thiazole rings is 1. The van der Waals surface area contributed by atoms with Crippen molar-refractivity contribution in [1.29, 1.82) is 0 Å². The topological polar surface area (TPSA) is 91.3 Å². The number of aromatic nitrogens is 3. The van der Waals surface area contributed by atoms with Crippen LogP contribution in [-0.2, 0) is 6.54 Å². The number of aromatic amines is 1. The van der Waals surface area contributed by atoms with Crippen molar-refractivity contribution in [2.24, 2.45) is 0 Å². The molecular formula is C23H20FN5O3S. The van der Waals surface area contributed by atoms with E-state index in [4.69, 9.17) is 0 Å². The first-order chi connectivity index (χ1) is 16.0. The summed E-state index contributed by atoms with van der Waals surface area (Å²) in [7, 11) is 0. The van der Waals surface area contributed by atoms with E-state index >= 15 is 0 Å². The lowest BCUT2D eigenvalue weighted by Gasteiger charge is -2.34. The van der Waals surface area contributed by atoms with Crippen LogP contribution in [0.3, 0.4) is 0 Å². The quantitative estimate of drug-likeness (QED) is 0.500. The fourth-order valence-corrected chi connectivity index (χ4v) is 4.76. The fourth-order valence-electron chi connectivity index (χ4n) is 4.06. The number of para-hydroxylation sites is 1. The summed E-state index contributed by atoms with van der Waals surface area (Å²) < 4.78 is 16.0. The van der Waals surface area contributed by atoms with Gasteiger partial charge in [-0.1, -0.05) is 18.2 Å². The van der Waals surface area contributed by atoms with Crippen molar-refractivity contribution in [1.82, 2.24) is 19.4 Å². The third-order valence-electron chi connectivity index (χ3n) is 5.76. The van der Waals surface area contributed by atoms with Gasteiger partial charge in [0.25, 0.3) is 11.5 Å². The zero-order valence-corrected chi connectivity index (χ0v) is 18.3. The van der Waals surface area contributed by atoms with E-state index in [1.807, 2.05) is 5.38 Å². The number of nitrogens with one attached hydrogen (secondary N) is 1. The first kappa shape index (κ1) is 21.1. The average molecular weight is 466 g/mol. The number of hydrogen-bond acceptors (Lipinski definition) is 6. The summed E-state index contributed by atoms with van der Waals surface area (Å²) in [5.41, 5.74) is 0.00661. The van der Waals surface area contributed by atoms with Gasteiger partial charge < -0.3 is 9.80 Å². The smallest absolute Gasteiger partial charge is 0.329 e. The molecule has 0 radical (unpaired) electrons. The Balaban J connectivity index is 1.39. The van der Waals surface area contributed by atoms with E-state index in [1.165, 1.54) is 16.7 Å². The third-order valence-corrected chi connectivity index (χ3v) is 6.60. The first-order valence-electron chi connectivity index (χ1n) is 10.5. The number of carbonyl (C=O) groups is 1. The van der Waals surface area contributed by atoms with Gasteiger partial charge in [0.05, 0.1) is 23.0 Å². The van der Waals surface area contributed by atoms with E-state index in [0.29, 0.717) is 42.6 Å². The zero-order valence-electron chi connectivity index (χ0n) is 17.5. The van der Waals surface area contributed by atoms with Gasteiger partial charge in [-0.2, -0.15) is 0 Å². The molecule has 0 spiro atoms. The first-order valence-corrected chi connectivity index (χ1v) is 11.3. The number of amides is 1. The predicted molar refractivity (Wildman–Crippen MR) is 125 cm³/mol. The molecule has 0 aliphatic carbocycles. The number of hydrogen-bond donors (Lipinski definition) is 1. The van der Waals surface area contributed by atoms with E-state index in [9.17, 15) is 18.8 Å². The normalized spacial score (nSPS) is 14.1. The van der Waals surface area contributed by atoms with Crippen LogP contribution in [-0.4, -0.2) is 51.5 Å². The molecule has 0 unspecified atom stereocenters. The largest absolute Gasteiger partial charge is 0.345 e. The zero-order chi connectivity index (χ0) is 22.9. The van der Waals surface area contributed by atoms with Crippen LogP contribution >= 0.6 is 11.3 Å². The molecule has 168 valence electrons. The molecule has 8 nitrogen and oxygen atoms in total. The highest BCUT2D eigenvalue weighted by Gasteiger charge is 2.25. The van der Waals surface area contributed by atoms with Crippen LogP contribution in [0.15, 0.2) is 63.6 Å². The number of rotatable bonds is 4. The SMILES string of the molecule is O=C(c1cc(Cn2c(=O)[nH]c(=O)c3ccccc32)ccc1F)N1CCN(c2nccs2)CC1. The Hall–Kier alpha value is -3.79. The number of fused-ring (bicyclic) bond motifs is 1. The molecule has 10 heteroatoms. The molecule has 1 N–H and O–H groups in total. The van der Waals surface area contributed by atoms with Crippen molar-refractivity contribution in [2.75, 3.05) is 31.1 Å². The summed E-state index contributed by atoms with van der Waals surface area (Å²) >= 11 is 1.54. The van der Waals surface area contributed by atoms with Gasteiger partial charge in [-0.05, 0) is 29.8 Å². The van der Waals surface area contributed by atoms with Crippen LogP contribution in [0.4, 0.5) is 9.52 Å². The van der Waals surface area contributed by atoms with Crippen molar-refractivity contribution in [3.8, 4) is 0 Å². The third kappa shape index (κ3) is 4.05. The minimum absolute atomic E-state index is 0.0306. The van der Waals surface area contributed by atoms with Gasteiger partial charge in [-0.15, -0.1) is 11.3 Å². The van der Waals surface area contributed by atoms with E-state index in [-0.39, 0.29) is 18.0 Å². The molecule has 0 bridgehead atoms. The summed E-state index contributed by atoms with van der Waals surface area (Å²) in [6, 6.07) is 11.0. The highest BCUT2D eigenvalue weighted by atomic mass is 32.1. The van der Waals surface area contributed by atoms with Crippen molar-refractivity contribution < 1.29 is 9.18 Å². The van der Waals surface area contributed by atoms with Gasteiger partial charge in [0.15, 0.2) is 5.13 Å². The molecule has 3 heterocycles. The minimum Gasteiger partial charge on any atom is -0.345 e. The molecule has 1 fully saturated rings. The fraction of sp³-hybridized carbons (Fsp3) is 0.217. The lowest BCUT2D eigenvalue weighted by molar-refractivity contribution is 0.0742. The second kappa shape index (κ2) is 8.62. The van der Waals surface area contributed by atoms with Gasteiger partial charge >= 0.3 is 5.69 Å². The number of anilines is 1. The number of benzene rings is 2. The average Bonchev–Trinajstić information content (AvgIpc) is 3.37. The molecule has 1 saturated heterocycles. The maximum absolute atomic E-state index is 14.6. The maximum Gasteiger partial charge on any atom is 0.329 e. The Labute approximate surface area is 191 Å². The molecule has 0 atom stereocenters. The van der Waals surface area contributed by atoms with Crippen molar-refractivity contribution in [3.63, 3.8) is 0 Å². The molecular weight excluding hydrogens is 445 g/mol. The molecule has 1 aliphatic heterocycles. The van der Waals surface area contributed by atoms with Crippen LogP contribution in [0.1, 0.15) is 15.9 Å². The molecule has 1 amide bonds. The summed E-state index contributed by atoms with van der Waals surface area (Å²) in [6.45, 7) is 2.27. The van der Waals surface area contributed by atoms with E-state index in [2.05, 4.69) is 14.9 Å². The molecule has 1 aliphatic rings. The summed E-state index contributed by atoms with van der Waals surface area (Å²) in [4.78, 5) is 48.0. The van der Waals surface area contributed by atoms with Crippen molar-refractivity contribution >= 4 is 33.3 Å². The highest BCUT2D eigenvalue weighted by Crippen LogP contribution is 2.21. The van der Waals surface area contributed by atoms with Crippen molar-refractivity contribution in [3.05, 3.63) is 91.8 Å². The van der Waals surface area contributed by atoms with Gasteiger partial charge in [0, 0.05) is 37.8 Å². The summed E-state index contributed by atoms with van der Waals surface area (Å²) in [5.74, 6) is -0.989. The molecule has 2 aromatic heterocycles. The highest BCUT2D eigenvalue weighted by molar-refractivity contribution is 7.13. The molecule has 2 aromatic carbocycles. The molecule has 5 rings (SSSR count). The van der Waals surface area contributed by atoms with Crippen LogP contribution in [0.25, 0.3) is 10.9 Å².